The first-order chi connectivity index (χ1) is 14.7. The van der Waals surface area contributed by atoms with Crippen LogP contribution >= 0.6 is 0 Å². The lowest BCUT2D eigenvalue weighted by atomic mass is 9.98. The summed E-state index contributed by atoms with van der Waals surface area (Å²) in [5.74, 6) is -1.80. The minimum absolute atomic E-state index is 0.231. The van der Waals surface area contributed by atoms with Crippen LogP contribution in [0.2, 0.25) is 0 Å². The minimum atomic E-state index is -1.11. The molecule has 9 heteroatoms. The average molecular weight is 445 g/mol. The van der Waals surface area contributed by atoms with Gasteiger partial charge in [0.25, 0.3) is 0 Å². The molecule has 31 heavy (non-hydrogen) atoms. The molecule has 0 aromatic carbocycles. The molecular weight excluding hydrogens is 408 g/mol. The van der Waals surface area contributed by atoms with E-state index in [1.165, 1.54) is 20.8 Å². The normalized spacial score (nSPS) is 26.5. The van der Waals surface area contributed by atoms with Gasteiger partial charge in [-0.15, -0.1) is 0 Å². The Balaban J connectivity index is 3.11. The number of carbonyl (C=O) groups excluding carboxylic acids is 4. The van der Waals surface area contributed by atoms with Gasteiger partial charge in [-0.05, 0) is 26.2 Å². The summed E-state index contributed by atoms with van der Waals surface area (Å²) in [6.07, 6.45) is 1.29. The molecule has 1 fully saturated rings. The van der Waals surface area contributed by atoms with Crippen molar-refractivity contribution in [1.29, 1.82) is 0 Å². The number of ether oxygens (including phenoxy) is 5. The van der Waals surface area contributed by atoms with Gasteiger partial charge in [-0.25, -0.2) is 0 Å². The highest BCUT2D eigenvalue weighted by Crippen LogP contribution is 2.31. The third-order valence-corrected chi connectivity index (χ3v) is 4.94. The van der Waals surface area contributed by atoms with E-state index in [9.17, 15) is 19.2 Å². The molecule has 0 aromatic rings. The van der Waals surface area contributed by atoms with Gasteiger partial charge < -0.3 is 28.5 Å². The number of unbranched alkanes of at least 4 members (excludes halogenated alkanes) is 3. The number of hydrogen-bond donors (Lipinski definition) is 0. The van der Waals surface area contributed by atoms with Crippen LogP contribution in [0.5, 0.6) is 0 Å². The Bertz CT molecular complexity index is 592. The summed E-state index contributed by atoms with van der Waals surface area (Å²) in [5.41, 5.74) is 0. The zero-order valence-electron chi connectivity index (χ0n) is 19.2. The highest BCUT2D eigenvalue weighted by molar-refractivity contribution is 5.68. The van der Waals surface area contributed by atoms with Crippen LogP contribution in [0.3, 0.4) is 0 Å². The SMILES string of the molecule is CCCCCC(CCCC=O)OC1O[C@@H](C)[C@@H](OC(C)=O)[C@@H](OC(C)=O)[C@@H]1OC(C)=O. The van der Waals surface area contributed by atoms with E-state index < -0.39 is 48.6 Å². The molecule has 6 atom stereocenters. The van der Waals surface area contributed by atoms with E-state index in [1.807, 2.05) is 0 Å². The lowest BCUT2D eigenvalue weighted by Crippen LogP contribution is -2.61. The maximum atomic E-state index is 11.8. The van der Waals surface area contributed by atoms with Gasteiger partial charge in [0.05, 0.1) is 12.2 Å². The van der Waals surface area contributed by atoms with E-state index in [-0.39, 0.29) is 6.10 Å². The molecule has 0 saturated carbocycles. The van der Waals surface area contributed by atoms with Crippen molar-refractivity contribution in [2.75, 3.05) is 0 Å². The Kier molecular flexibility index (Phi) is 12.3. The second-order valence-electron chi connectivity index (χ2n) is 7.78. The molecule has 0 spiro atoms. The highest BCUT2D eigenvalue weighted by atomic mass is 16.7. The Hall–Kier alpha value is -2.00. The Morgan fingerprint density at radius 1 is 0.871 bits per heavy atom. The zero-order chi connectivity index (χ0) is 23.4. The molecule has 1 aliphatic rings. The number of esters is 3. The fourth-order valence-electron chi connectivity index (χ4n) is 3.60. The summed E-state index contributed by atoms with van der Waals surface area (Å²) in [5, 5.41) is 0. The van der Waals surface area contributed by atoms with Crippen LogP contribution in [0.4, 0.5) is 0 Å². The van der Waals surface area contributed by atoms with E-state index in [0.29, 0.717) is 19.3 Å². The molecule has 0 bridgehead atoms. The second kappa shape index (κ2) is 14.1. The summed E-state index contributed by atoms with van der Waals surface area (Å²) >= 11 is 0. The van der Waals surface area contributed by atoms with Gasteiger partial charge >= 0.3 is 17.9 Å². The van der Waals surface area contributed by atoms with Crippen LogP contribution in [0.25, 0.3) is 0 Å². The van der Waals surface area contributed by atoms with E-state index in [4.69, 9.17) is 23.7 Å². The number of rotatable bonds is 13. The van der Waals surface area contributed by atoms with Crippen LogP contribution in [0.1, 0.15) is 79.6 Å². The quantitative estimate of drug-likeness (QED) is 0.183. The van der Waals surface area contributed by atoms with Gasteiger partial charge in [-0.1, -0.05) is 26.2 Å². The first-order valence-corrected chi connectivity index (χ1v) is 11.0. The predicted octanol–water partition coefficient (Wildman–Crippen LogP) is 2.86. The molecule has 0 aromatic heterocycles. The van der Waals surface area contributed by atoms with Crippen molar-refractivity contribution >= 4 is 24.2 Å². The summed E-state index contributed by atoms with van der Waals surface area (Å²) < 4.78 is 28.2. The van der Waals surface area contributed by atoms with E-state index in [1.54, 1.807) is 6.92 Å². The number of aldehydes is 1. The van der Waals surface area contributed by atoms with Gasteiger partial charge in [-0.3, -0.25) is 14.4 Å². The second-order valence-corrected chi connectivity index (χ2v) is 7.78. The van der Waals surface area contributed by atoms with Gasteiger partial charge in [0, 0.05) is 27.2 Å². The van der Waals surface area contributed by atoms with Gasteiger partial charge in [0.1, 0.15) is 6.29 Å². The largest absolute Gasteiger partial charge is 0.456 e. The lowest BCUT2D eigenvalue weighted by molar-refractivity contribution is -0.311. The van der Waals surface area contributed by atoms with Crippen molar-refractivity contribution in [3.05, 3.63) is 0 Å². The summed E-state index contributed by atoms with van der Waals surface area (Å²) in [7, 11) is 0. The summed E-state index contributed by atoms with van der Waals surface area (Å²) in [4.78, 5) is 45.8. The highest BCUT2D eigenvalue weighted by Gasteiger charge is 2.51. The smallest absolute Gasteiger partial charge is 0.303 e. The number of carbonyl (C=O) groups is 4. The van der Waals surface area contributed by atoms with Crippen LogP contribution in [0, 0.1) is 0 Å². The van der Waals surface area contributed by atoms with Gasteiger partial charge in [0.2, 0.25) is 0 Å². The standard InChI is InChI=1S/C22H36O9/c1-6-7-8-11-18(12-9-10-13-23)31-22-21(30-17(5)26)20(29-16(4)25)19(14(2)27-22)28-15(3)24/h13-14,18-22H,6-12H2,1-5H3/t14-,18?,19+,20+,21-,22?/m0/s1. The molecule has 0 aliphatic carbocycles. The van der Waals surface area contributed by atoms with Crippen LogP contribution < -0.4 is 0 Å². The molecule has 0 amide bonds. The summed E-state index contributed by atoms with van der Waals surface area (Å²) in [6, 6.07) is 0. The molecule has 9 nitrogen and oxygen atoms in total. The Labute approximate surface area is 184 Å². The number of hydrogen-bond acceptors (Lipinski definition) is 9. The Morgan fingerprint density at radius 2 is 1.42 bits per heavy atom. The zero-order valence-corrected chi connectivity index (χ0v) is 19.2. The predicted molar refractivity (Wildman–Crippen MR) is 110 cm³/mol. The first-order valence-electron chi connectivity index (χ1n) is 11.0. The maximum Gasteiger partial charge on any atom is 0.303 e. The van der Waals surface area contributed by atoms with Crippen molar-refractivity contribution in [2.45, 2.75) is 116 Å². The molecule has 1 heterocycles. The van der Waals surface area contributed by atoms with E-state index >= 15 is 0 Å². The van der Waals surface area contributed by atoms with Gasteiger partial charge in [-0.2, -0.15) is 0 Å². The minimum Gasteiger partial charge on any atom is -0.456 e. The maximum absolute atomic E-state index is 11.8. The monoisotopic (exact) mass is 444 g/mol. The van der Waals surface area contributed by atoms with Crippen LogP contribution in [-0.2, 0) is 42.9 Å². The molecule has 1 aliphatic heterocycles. The van der Waals surface area contributed by atoms with Crippen molar-refractivity contribution < 1.29 is 42.9 Å². The molecule has 178 valence electrons. The van der Waals surface area contributed by atoms with Crippen molar-refractivity contribution in [1.82, 2.24) is 0 Å². The lowest BCUT2D eigenvalue weighted by Gasteiger charge is -2.44. The average Bonchev–Trinajstić information content (AvgIpc) is 2.67. The van der Waals surface area contributed by atoms with E-state index in [0.717, 1.165) is 32.0 Å². The van der Waals surface area contributed by atoms with Crippen LogP contribution in [-0.4, -0.2) is 61.0 Å². The molecule has 2 unspecified atom stereocenters. The Morgan fingerprint density at radius 3 is 1.97 bits per heavy atom. The van der Waals surface area contributed by atoms with Crippen LogP contribution in [0.15, 0.2) is 0 Å². The van der Waals surface area contributed by atoms with Crippen molar-refractivity contribution in [3.8, 4) is 0 Å². The molecule has 1 rings (SSSR count). The fourth-order valence-corrected chi connectivity index (χ4v) is 3.60. The van der Waals surface area contributed by atoms with Crippen molar-refractivity contribution in [3.63, 3.8) is 0 Å². The summed E-state index contributed by atoms with van der Waals surface area (Å²) in [6.45, 7) is 7.45. The molecule has 1 saturated heterocycles. The topological polar surface area (TPSA) is 114 Å². The third kappa shape index (κ3) is 9.78. The van der Waals surface area contributed by atoms with Gasteiger partial charge in [0.15, 0.2) is 24.6 Å². The molecule has 0 N–H and O–H groups in total. The molecule has 0 radical (unpaired) electrons. The fraction of sp³-hybridized carbons (Fsp3) is 0.818. The third-order valence-electron chi connectivity index (χ3n) is 4.94. The van der Waals surface area contributed by atoms with E-state index in [2.05, 4.69) is 6.92 Å². The van der Waals surface area contributed by atoms with Crippen molar-refractivity contribution in [2.24, 2.45) is 0 Å². The first kappa shape index (κ1) is 27.0. The molecular formula is C22H36O9.